The van der Waals surface area contributed by atoms with Crippen LogP contribution in [0.5, 0.6) is 0 Å². The second-order valence-corrected chi connectivity index (χ2v) is 4.67. The van der Waals surface area contributed by atoms with Gasteiger partial charge in [-0.1, -0.05) is 48.2 Å². The fraction of sp³-hybridized carbons (Fsp3) is 0.154. The van der Waals surface area contributed by atoms with Crippen molar-refractivity contribution in [2.45, 2.75) is 11.7 Å². The number of carboxylic acid groups (broad SMARTS) is 1. The van der Waals surface area contributed by atoms with Crippen LogP contribution in [0.3, 0.4) is 0 Å². The second kappa shape index (κ2) is 6.19. The molecule has 19 heavy (non-hydrogen) atoms. The Morgan fingerprint density at radius 2 is 2.11 bits per heavy atom. The minimum absolute atomic E-state index is 0.149. The van der Waals surface area contributed by atoms with Gasteiger partial charge in [-0.2, -0.15) is 0 Å². The predicted molar refractivity (Wildman–Crippen MR) is 71.4 cm³/mol. The van der Waals surface area contributed by atoms with Crippen LogP contribution in [0.25, 0.3) is 11.4 Å². The Balaban J connectivity index is 2.34. The highest BCUT2D eigenvalue weighted by Crippen LogP contribution is 2.23. The van der Waals surface area contributed by atoms with E-state index in [-0.39, 0.29) is 5.75 Å². The number of allylic oxidation sites excluding steroid dienone is 1. The van der Waals surface area contributed by atoms with E-state index < -0.39 is 5.97 Å². The van der Waals surface area contributed by atoms with E-state index in [9.17, 15) is 9.90 Å². The number of hydrogen-bond donors (Lipinski definition) is 0. The highest BCUT2D eigenvalue weighted by atomic mass is 32.2. The standard InChI is InChI=1S/C13H13N3O2S/c1-2-8-16-12(10-6-4-3-5-7-10)14-15-13(16)19-9-11(17)18/h2-7H,1,8-9H2,(H,17,18)/p-1. The van der Waals surface area contributed by atoms with Gasteiger partial charge in [0.2, 0.25) is 0 Å². The van der Waals surface area contributed by atoms with Crippen LogP contribution in [0, 0.1) is 0 Å². The molecule has 1 aromatic heterocycles. The van der Waals surface area contributed by atoms with E-state index in [1.807, 2.05) is 34.9 Å². The van der Waals surface area contributed by atoms with Gasteiger partial charge in [0.15, 0.2) is 11.0 Å². The molecule has 2 rings (SSSR count). The molecule has 98 valence electrons. The zero-order chi connectivity index (χ0) is 13.7. The first-order valence-corrected chi connectivity index (χ1v) is 6.63. The molecule has 0 spiro atoms. The molecular weight excluding hydrogens is 262 g/mol. The van der Waals surface area contributed by atoms with Crippen LogP contribution in [-0.4, -0.2) is 26.5 Å². The van der Waals surface area contributed by atoms with Gasteiger partial charge in [0, 0.05) is 17.9 Å². The molecule has 0 bridgehead atoms. The first-order valence-electron chi connectivity index (χ1n) is 5.64. The van der Waals surface area contributed by atoms with Crippen LogP contribution >= 0.6 is 11.8 Å². The SMILES string of the molecule is C=CCn1c(SCC(=O)[O-])nnc1-c1ccccc1. The van der Waals surface area contributed by atoms with Gasteiger partial charge < -0.3 is 9.90 Å². The van der Waals surface area contributed by atoms with Crippen molar-refractivity contribution >= 4 is 17.7 Å². The predicted octanol–water partition coefficient (Wildman–Crippen LogP) is 0.973. The third-order valence-corrected chi connectivity index (χ3v) is 3.32. The van der Waals surface area contributed by atoms with Crippen LogP contribution in [0.4, 0.5) is 0 Å². The normalized spacial score (nSPS) is 10.3. The number of carbonyl (C=O) groups is 1. The largest absolute Gasteiger partial charge is 0.549 e. The van der Waals surface area contributed by atoms with Crippen molar-refractivity contribution in [3.05, 3.63) is 43.0 Å². The van der Waals surface area contributed by atoms with Crippen molar-refractivity contribution in [1.29, 1.82) is 0 Å². The number of aromatic nitrogens is 3. The number of benzene rings is 1. The summed E-state index contributed by atoms with van der Waals surface area (Å²) in [5.74, 6) is -0.579. The van der Waals surface area contributed by atoms with E-state index in [0.29, 0.717) is 17.5 Å². The minimum atomic E-state index is -1.13. The third-order valence-electron chi connectivity index (χ3n) is 2.38. The molecule has 0 atom stereocenters. The van der Waals surface area contributed by atoms with E-state index in [0.717, 1.165) is 17.3 Å². The maximum absolute atomic E-state index is 10.5. The molecule has 0 aliphatic carbocycles. The van der Waals surface area contributed by atoms with Gasteiger partial charge in [0.1, 0.15) is 0 Å². The lowest BCUT2D eigenvalue weighted by atomic mass is 10.2. The maximum atomic E-state index is 10.5. The molecular formula is C13H12N3O2S-. The van der Waals surface area contributed by atoms with Gasteiger partial charge in [-0.25, -0.2) is 0 Å². The number of nitrogens with zero attached hydrogens (tertiary/aromatic N) is 3. The summed E-state index contributed by atoms with van der Waals surface area (Å²) in [5, 5.41) is 19.2. The summed E-state index contributed by atoms with van der Waals surface area (Å²) in [7, 11) is 0. The molecule has 5 nitrogen and oxygen atoms in total. The zero-order valence-electron chi connectivity index (χ0n) is 10.2. The molecule has 0 N–H and O–H groups in total. The van der Waals surface area contributed by atoms with Crippen molar-refractivity contribution in [2.24, 2.45) is 0 Å². The van der Waals surface area contributed by atoms with Gasteiger partial charge in [-0.15, -0.1) is 16.8 Å². The van der Waals surface area contributed by atoms with E-state index in [1.165, 1.54) is 0 Å². The molecule has 0 unspecified atom stereocenters. The smallest absolute Gasteiger partial charge is 0.192 e. The molecule has 2 aromatic rings. The van der Waals surface area contributed by atoms with Gasteiger partial charge in [-0.05, 0) is 0 Å². The monoisotopic (exact) mass is 274 g/mol. The van der Waals surface area contributed by atoms with Crippen molar-refractivity contribution in [1.82, 2.24) is 14.8 Å². The van der Waals surface area contributed by atoms with Crippen LogP contribution < -0.4 is 5.11 Å². The minimum Gasteiger partial charge on any atom is -0.549 e. The Labute approximate surface area is 115 Å². The molecule has 1 aromatic carbocycles. The topological polar surface area (TPSA) is 70.8 Å². The third kappa shape index (κ3) is 3.23. The Bertz CT molecular complexity index is 581. The Morgan fingerprint density at radius 3 is 2.74 bits per heavy atom. The lowest BCUT2D eigenvalue weighted by molar-refractivity contribution is -0.301. The summed E-state index contributed by atoms with van der Waals surface area (Å²) < 4.78 is 1.83. The molecule has 0 aliphatic heterocycles. The van der Waals surface area contributed by atoms with Gasteiger partial charge >= 0.3 is 0 Å². The number of rotatable bonds is 6. The van der Waals surface area contributed by atoms with Gasteiger partial charge in [0.25, 0.3) is 0 Å². The quantitative estimate of drug-likeness (QED) is 0.580. The summed E-state index contributed by atoms with van der Waals surface area (Å²) in [6.45, 7) is 4.21. The molecule has 0 saturated heterocycles. The molecule has 1 heterocycles. The highest BCUT2D eigenvalue weighted by Gasteiger charge is 2.12. The Morgan fingerprint density at radius 1 is 1.37 bits per heavy atom. The Hall–Kier alpha value is -2.08. The summed E-state index contributed by atoms with van der Waals surface area (Å²) in [5.41, 5.74) is 0.928. The molecule has 0 saturated carbocycles. The van der Waals surface area contributed by atoms with E-state index in [4.69, 9.17) is 0 Å². The lowest BCUT2D eigenvalue weighted by Crippen LogP contribution is -2.24. The number of hydrogen-bond acceptors (Lipinski definition) is 5. The maximum Gasteiger partial charge on any atom is 0.192 e. The lowest BCUT2D eigenvalue weighted by Gasteiger charge is -2.07. The molecule has 0 fully saturated rings. The first-order chi connectivity index (χ1) is 9.22. The van der Waals surface area contributed by atoms with Crippen molar-refractivity contribution in [2.75, 3.05) is 5.75 Å². The van der Waals surface area contributed by atoms with Crippen LogP contribution in [0.2, 0.25) is 0 Å². The van der Waals surface area contributed by atoms with Gasteiger partial charge in [-0.3, -0.25) is 4.57 Å². The van der Waals surface area contributed by atoms with Crippen molar-refractivity contribution in [3.8, 4) is 11.4 Å². The molecule has 0 aliphatic rings. The van der Waals surface area contributed by atoms with Crippen LogP contribution in [0.1, 0.15) is 0 Å². The summed E-state index contributed by atoms with van der Waals surface area (Å²) in [6, 6.07) is 9.60. The molecule has 6 heteroatoms. The fourth-order valence-electron chi connectivity index (χ4n) is 1.61. The van der Waals surface area contributed by atoms with Crippen molar-refractivity contribution < 1.29 is 9.90 Å². The molecule has 0 amide bonds. The summed E-state index contributed by atoms with van der Waals surface area (Å²) in [6.07, 6.45) is 1.72. The zero-order valence-corrected chi connectivity index (χ0v) is 11.0. The van der Waals surface area contributed by atoms with E-state index in [2.05, 4.69) is 16.8 Å². The molecule has 0 radical (unpaired) electrons. The highest BCUT2D eigenvalue weighted by molar-refractivity contribution is 7.99. The summed E-state index contributed by atoms with van der Waals surface area (Å²) in [4.78, 5) is 10.5. The van der Waals surface area contributed by atoms with Gasteiger partial charge in [0.05, 0.1) is 5.97 Å². The number of carboxylic acids is 1. The van der Waals surface area contributed by atoms with Crippen molar-refractivity contribution in [3.63, 3.8) is 0 Å². The number of carbonyl (C=O) groups excluding carboxylic acids is 1. The second-order valence-electron chi connectivity index (χ2n) is 3.73. The van der Waals surface area contributed by atoms with E-state index in [1.54, 1.807) is 6.08 Å². The van der Waals surface area contributed by atoms with Crippen LogP contribution in [-0.2, 0) is 11.3 Å². The average molecular weight is 274 g/mol. The number of aliphatic carboxylic acids is 1. The fourth-order valence-corrected chi connectivity index (χ4v) is 2.28. The average Bonchev–Trinajstić information content (AvgIpc) is 2.81. The number of thioether (sulfide) groups is 1. The Kier molecular flexibility index (Phi) is 4.35. The van der Waals surface area contributed by atoms with Crippen LogP contribution in [0.15, 0.2) is 48.1 Å². The summed E-state index contributed by atoms with van der Waals surface area (Å²) >= 11 is 1.09. The van der Waals surface area contributed by atoms with E-state index >= 15 is 0 Å². The first kappa shape index (κ1) is 13.4.